The Morgan fingerprint density at radius 1 is 1.08 bits per heavy atom. The van der Waals surface area contributed by atoms with Crippen molar-refractivity contribution in [1.82, 2.24) is 0 Å². The van der Waals surface area contributed by atoms with Gasteiger partial charge in [-0.05, 0) is 19.4 Å². The van der Waals surface area contributed by atoms with Crippen molar-refractivity contribution in [3.63, 3.8) is 0 Å². The zero-order chi connectivity index (χ0) is 10.1. The minimum absolute atomic E-state index is 0.934. The van der Waals surface area contributed by atoms with Crippen LogP contribution in [0.25, 0.3) is 0 Å². The van der Waals surface area contributed by atoms with E-state index in [-0.39, 0.29) is 0 Å². The summed E-state index contributed by atoms with van der Waals surface area (Å²) in [6.07, 6.45) is 12.0. The summed E-state index contributed by atoms with van der Waals surface area (Å²) in [6.45, 7) is 3.83. The largest absolute Gasteiger partial charge is 0.478 e. The fourth-order valence-electron chi connectivity index (χ4n) is 0.793. The molecule has 0 saturated heterocycles. The van der Waals surface area contributed by atoms with Gasteiger partial charge >= 0.3 is 5.97 Å². The molecular weight excluding hydrogens is 164 g/mol. The number of hydrogen-bond donors (Lipinski definition) is 1. The van der Waals surface area contributed by atoms with Crippen LogP contribution in [0.5, 0.6) is 0 Å². The molecule has 0 aromatic heterocycles. The molecule has 70 valence electrons. The number of aliphatic carboxylic acids is 1. The molecule has 0 fully saturated rings. The van der Waals surface area contributed by atoms with E-state index in [0.29, 0.717) is 0 Å². The Morgan fingerprint density at radius 3 is 2.00 bits per heavy atom. The lowest BCUT2D eigenvalue weighted by Crippen LogP contribution is -1.84. The number of allylic oxidation sites excluding steroid dienone is 7. The average Bonchev–Trinajstić information content (AvgIpc) is 2.04. The number of carboxylic acids is 1. The highest BCUT2D eigenvalue weighted by Crippen LogP contribution is 1.99. The zero-order valence-electron chi connectivity index (χ0n) is 7.90. The predicted molar refractivity (Wildman–Crippen MR) is 54.5 cm³/mol. The molecule has 0 aromatic rings. The highest BCUT2D eigenvalue weighted by molar-refractivity contribution is 5.80. The van der Waals surface area contributed by atoms with Crippen LogP contribution in [0.3, 0.4) is 0 Å². The maximum absolute atomic E-state index is 10.1. The molecule has 0 amide bonds. The molecule has 0 aromatic carbocycles. The third kappa shape index (κ3) is 6.81. The Balaban J connectivity index is 4.44. The van der Waals surface area contributed by atoms with Crippen molar-refractivity contribution in [3.8, 4) is 0 Å². The smallest absolute Gasteiger partial charge is 0.328 e. The van der Waals surface area contributed by atoms with Crippen molar-refractivity contribution in [3.05, 3.63) is 48.1 Å². The van der Waals surface area contributed by atoms with E-state index in [1.54, 1.807) is 6.08 Å². The summed E-state index contributed by atoms with van der Waals surface area (Å²) >= 11 is 0. The van der Waals surface area contributed by atoms with Crippen molar-refractivity contribution in [2.75, 3.05) is 0 Å². The van der Waals surface area contributed by atoms with Crippen molar-refractivity contribution in [2.45, 2.75) is 13.8 Å². The number of hydrogen-bond acceptors (Lipinski definition) is 1. The summed E-state index contributed by atoms with van der Waals surface area (Å²) in [6, 6.07) is 0. The molecular formula is C11H14O2. The molecule has 13 heavy (non-hydrogen) atoms. The molecule has 2 nitrogen and oxygen atoms in total. The molecule has 0 spiro atoms. The van der Waals surface area contributed by atoms with Gasteiger partial charge in [-0.2, -0.15) is 0 Å². The van der Waals surface area contributed by atoms with E-state index < -0.39 is 5.97 Å². The highest BCUT2D eigenvalue weighted by Gasteiger charge is 1.84. The van der Waals surface area contributed by atoms with Crippen LogP contribution in [0.15, 0.2) is 48.1 Å². The van der Waals surface area contributed by atoms with Gasteiger partial charge in [-0.15, -0.1) is 0 Å². The summed E-state index contributed by atoms with van der Waals surface area (Å²) in [5, 5.41) is 8.33. The second-order valence-corrected chi connectivity index (χ2v) is 2.36. The second-order valence-electron chi connectivity index (χ2n) is 2.36. The van der Waals surface area contributed by atoms with Crippen LogP contribution >= 0.6 is 0 Å². The van der Waals surface area contributed by atoms with E-state index in [2.05, 4.69) is 0 Å². The lowest BCUT2D eigenvalue weighted by atomic mass is 10.2. The maximum Gasteiger partial charge on any atom is 0.328 e. The lowest BCUT2D eigenvalue weighted by molar-refractivity contribution is -0.131. The van der Waals surface area contributed by atoms with E-state index in [9.17, 15) is 4.79 Å². The Labute approximate surface area is 78.6 Å². The monoisotopic (exact) mass is 178 g/mol. The highest BCUT2D eigenvalue weighted by atomic mass is 16.4. The average molecular weight is 178 g/mol. The third-order valence-electron chi connectivity index (χ3n) is 1.25. The van der Waals surface area contributed by atoms with Gasteiger partial charge in [-0.1, -0.05) is 36.5 Å². The molecule has 0 radical (unpaired) electrons. The fourth-order valence-corrected chi connectivity index (χ4v) is 0.793. The first kappa shape index (κ1) is 11.4. The van der Waals surface area contributed by atoms with Gasteiger partial charge in [-0.3, -0.25) is 0 Å². The topological polar surface area (TPSA) is 37.3 Å². The summed E-state index contributed by atoms with van der Waals surface area (Å²) in [5.41, 5.74) is 0.975. The van der Waals surface area contributed by atoms with Crippen LogP contribution in [-0.4, -0.2) is 11.1 Å². The fraction of sp³-hybridized carbons (Fsp3) is 0.182. The maximum atomic E-state index is 10.1. The van der Waals surface area contributed by atoms with Crippen LogP contribution in [-0.2, 0) is 4.79 Å². The van der Waals surface area contributed by atoms with E-state index >= 15 is 0 Å². The van der Waals surface area contributed by atoms with E-state index in [4.69, 9.17) is 5.11 Å². The zero-order valence-corrected chi connectivity index (χ0v) is 7.90. The molecule has 0 rings (SSSR count). The number of carbonyl (C=O) groups is 1. The van der Waals surface area contributed by atoms with Crippen LogP contribution in [0.2, 0.25) is 0 Å². The Morgan fingerprint density at radius 2 is 1.62 bits per heavy atom. The molecule has 0 atom stereocenters. The van der Waals surface area contributed by atoms with E-state index in [0.717, 1.165) is 11.6 Å². The molecule has 0 saturated carbocycles. The summed E-state index contributed by atoms with van der Waals surface area (Å²) in [7, 11) is 0. The standard InChI is InChI=1S/C11H14O2/c1-3-6-10(7-4-2)8-5-9-11(12)13/h3-9H,1-2H3,(H,12,13). The Hall–Kier alpha value is -1.57. The van der Waals surface area contributed by atoms with Crippen LogP contribution in [0, 0.1) is 0 Å². The SMILES string of the molecule is CC=CC(C=CC)=CC=CC(=O)O. The van der Waals surface area contributed by atoms with Crippen LogP contribution in [0.1, 0.15) is 13.8 Å². The first-order chi connectivity index (χ1) is 6.20. The molecule has 0 unspecified atom stereocenters. The minimum atomic E-state index is -0.934. The van der Waals surface area contributed by atoms with Crippen molar-refractivity contribution in [1.29, 1.82) is 0 Å². The van der Waals surface area contributed by atoms with Crippen LogP contribution in [0.4, 0.5) is 0 Å². The van der Waals surface area contributed by atoms with E-state index in [1.165, 1.54) is 6.08 Å². The van der Waals surface area contributed by atoms with Gasteiger partial charge in [0.05, 0.1) is 0 Å². The van der Waals surface area contributed by atoms with Gasteiger partial charge in [0.2, 0.25) is 0 Å². The van der Waals surface area contributed by atoms with Gasteiger partial charge < -0.3 is 5.11 Å². The van der Waals surface area contributed by atoms with Gasteiger partial charge in [0.1, 0.15) is 0 Å². The number of carboxylic acid groups (broad SMARTS) is 1. The van der Waals surface area contributed by atoms with E-state index in [1.807, 2.05) is 38.2 Å². The molecule has 0 bridgehead atoms. The Kier molecular flexibility index (Phi) is 6.24. The predicted octanol–water partition coefficient (Wildman–Crippen LogP) is 2.71. The number of rotatable bonds is 4. The summed E-state index contributed by atoms with van der Waals surface area (Å²) in [4.78, 5) is 10.1. The molecule has 2 heteroatoms. The van der Waals surface area contributed by atoms with Crippen LogP contribution < -0.4 is 0 Å². The normalized spacial score (nSPS) is 11.5. The van der Waals surface area contributed by atoms with Gasteiger partial charge in [0, 0.05) is 6.08 Å². The first-order valence-electron chi connectivity index (χ1n) is 4.07. The molecule has 1 N–H and O–H groups in total. The lowest BCUT2D eigenvalue weighted by Gasteiger charge is -1.88. The van der Waals surface area contributed by atoms with Gasteiger partial charge in [-0.25, -0.2) is 4.79 Å². The van der Waals surface area contributed by atoms with Crippen molar-refractivity contribution < 1.29 is 9.90 Å². The van der Waals surface area contributed by atoms with Gasteiger partial charge in [0.15, 0.2) is 0 Å². The first-order valence-corrected chi connectivity index (χ1v) is 4.07. The van der Waals surface area contributed by atoms with Gasteiger partial charge in [0.25, 0.3) is 0 Å². The Bertz CT molecular complexity index is 254. The third-order valence-corrected chi connectivity index (χ3v) is 1.25. The molecule has 0 aliphatic heterocycles. The second kappa shape index (κ2) is 7.10. The van der Waals surface area contributed by atoms with Crippen molar-refractivity contribution in [2.24, 2.45) is 0 Å². The summed E-state index contributed by atoms with van der Waals surface area (Å²) in [5.74, 6) is -0.934. The summed E-state index contributed by atoms with van der Waals surface area (Å²) < 4.78 is 0. The molecule has 0 aliphatic rings. The molecule has 0 aliphatic carbocycles. The minimum Gasteiger partial charge on any atom is -0.478 e. The quantitative estimate of drug-likeness (QED) is 0.531. The van der Waals surface area contributed by atoms with Crippen molar-refractivity contribution >= 4 is 5.97 Å². The molecule has 0 heterocycles.